The number of hydrogen-bond donors (Lipinski definition) is 0. The molecular weight excluding hydrogens is 516 g/mol. The maximum atomic E-state index is 13.4. The van der Waals surface area contributed by atoms with Crippen LogP contribution < -0.4 is 4.74 Å². The van der Waals surface area contributed by atoms with E-state index in [-0.39, 0.29) is 30.2 Å². The second kappa shape index (κ2) is 11.6. The van der Waals surface area contributed by atoms with Crippen LogP contribution in [-0.4, -0.2) is 35.2 Å². The Balaban J connectivity index is 1.19. The number of nitrogens with zero attached hydrogens (tertiary/aromatic N) is 2. The number of carbonyl (C=O) groups is 2. The van der Waals surface area contributed by atoms with Gasteiger partial charge in [-0.3, -0.25) is 9.59 Å². The normalized spacial score (nSPS) is 14.4. The molecule has 0 saturated carbocycles. The largest absolute Gasteiger partial charge is 0.486 e. The molecule has 1 unspecified atom stereocenters. The van der Waals surface area contributed by atoms with Crippen molar-refractivity contribution < 1.29 is 23.2 Å². The molecule has 0 fully saturated rings. The third kappa shape index (κ3) is 5.65. The van der Waals surface area contributed by atoms with Gasteiger partial charge in [-0.15, -0.1) is 0 Å². The van der Waals surface area contributed by atoms with Crippen molar-refractivity contribution in [2.24, 2.45) is 0 Å². The van der Waals surface area contributed by atoms with Gasteiger partial charge in [-0.05, 0) is 65.1 Å². The highest BCUT2D eigenvalue weighted by molar-refractivity contribution is 5.92. The number of ether oxygens (including phenoxy) is 1. The molecule has 0 saturated heterocycles. The average molecular weight is 547 g/mol. The summed E-state index contributed by atoms with van der Waals surface area (Å²) in [5.41, 5.74) is 4.24. The molecular formula is C34H30N2O5. The molecule has 6 rings (SSSR count). The van der Waals surface area contributed by atoms with Crippen molar-refractivity contribution in [1.82, 2.24) is 9.80 Å². The smallest absolute Gasteiger partial charge is 0.290 e. The van der Waals surface area contributed by atoms with E-state index in [9.17, 15) is 9.59 Å². The van der Waals surface area contributed by atoms with Crippen LogP contribution in [0.25, 0.3) is 0 Å². The maximum Gasteiger partial charge on any atom is 0.290 e. The van der Waals surface area contributed by atoms with E-state index >= 15 is 0 Å². The highest BCUT2D eigenvalue weighted by Crippen LogP contribution is 2.38. The van der Waals surface area contributed by atoms with Crippen LogP contribution in [0.3, 0.4) is 0 Å². The Kier molecular flexibility index (Phi) is 7.41. The van der Waals surface area contributed by atoms with Crippen LogP contribution in [-0.2, 0) is 19.6 Å². The lowest BCUT2D eigenvalue weighted by Gasteiger charge is -2.37. The SMILES string of the molecule is CN(Cc1ccccc1)C(=O)c1ccc(COc2ccc3c(c2)C(c2ccccc2)N(C(=O)c2ccco2)CC3)o1. The standard InChI is InChI=1S/C34H30N2O5/c1-35(22-24-9-4-2-5-10-24)33(37)31-17-16-28(41-31)23-40-27-15-14-25-18-19-36(34(38)30-13-8-20-39-30)32(29(25)21-27)26-11-6-3-7-12-26/h2-17,20-21,32H,18-19,22-23H2,1H3. The fourth-order valence-electron chi connectivity index (χ4n) is 5.28. The molecule has 7 nitrogen and oxygen atoms in total. The molecule has 0 spiro atoms. The molecule has 3 aromatic carbocycles. The molecule has 1 atom stereocenters. The zero-order valence-electron chi connectivity index (χ0n) is 22.7. The van der Waals surface area contributed by atoms with Crippen LogP contribution in [0.15, 0.2) is 118 Å². The van der Waals surface area contributed by atoms with Crippen molar-refractivity contribution in [1.29, 1.82) is 0 Å². The van der Waals surface area contributed by atoms with Gasteiger partial charge in [0, 0.05) is 20.1 Å². The van der Waals surface area contributed by atoms with Crippen molar-refractivity contribution >= 4 is 11.8 Å². The van der Waals surface area contributed by atoms with Crippen LogP contribution >= 0.6 is 0 Å². The Hall–Kier alpha value is -5.04. The van der Waals surface area contributed by atoms with Gasteiger partial charge >= 0.3 is 0 Å². The highest BCUT2D eigenvalue weighted by atomic mass is 16.5. The van der Waals surface area contributed by atoms with Gasteiger partial charge in [-0.2, -0.15) is 0 Å². The van der Waals surface area contributed by atoms with Gasteiger partial charge in [-0.25, -0.2) is 0 Å². The van der Waals surface area contributed by atoms with Gasteiger partial charge in [0.15, 0.2) is 11.5 Å². The Morgan fingerprint density at radius 3 is 2.44 bits per heavy atom. The van der Waals surface area contributed by atoms with Gasteiger partial charge in [0.2, 0.25) is 0 Å². The third-order valence-corrected chi connectivity index (χ3v) is 7.32. The minimum absolute atomic E-state index is 0.147. The first kappa shape index (κ1) is 26.2. The number of furan rings is 2. The Bertz CT molecular complexity index is 1630. The molecule has 7 heteroatoms. The van der Waals surface area contributed by atoms with E-state index in [0.717, 1.165) is 23.1 Å². The van der Waals surface area contributed by atoms with Crippen molar-refractivity contribution in [2.75, 3.05) is 13.6 Å². The van der Waals surface area contributed by atoms with E-state index in [4.69, 9.17) is 13.6 Å². The Labute approximate surface area is 238 Å². The zero-order chi connectivity index (χ0) is 28.2. The molecule has 0 aliphatic carbocycles. The molecule has 1 aliphatic heterocycles. The number of hydrogen-bond acceptors (Lipinski definition) is 5. The summed E-state index contributed by atoms with van der Waals surface area (Å²) in [6, 6.07) is 32.4. The van der Waals surface area contributed by atoms with Crippen molar-refractivity contribution in [3.63, 3.8) is 0 Å². The first-order chi connectivity index (χ1) is 20.1. The summed E-state index contributed by atoms with van der Waals surface area (Å²) < 4.78 is 17.4. The fraction of sp³-hybridized carbons (Fsp3) is 0.176. The van der Waals surface area contributed by atoms with E-state index in [2.05, 4.69) is 6.07 Å². The van der Waals surface area contributed by atoms with Crippen LogP contribution in [0.2, 0.25) is 0 Å². The van der Waals surface area contributed by atoms with Gasteiger partial charge < -0.3 is 23.4 Å². The number of amides is 2. The van der Waals surface area contributed by atoms with Crippen molar-refractivity contribution in [3.8, 4) is 5.75 Å². The second-order valence-corrected chi connectivity index (χ2v) is 10.1. The predicted molar refractivity (Wildman–Crippen MR) is 153 cm³/mol. The lowest BCUT2D eigenvalue weighted by atomic mass is 9.87. The van der Waals surface area contributed by atoms with Gasteiger partial charge in [0.05, 0.1) is 12.3 Å². The number of carbonyl (C=O) groups excluding carboxylic acids is 2. The zero-order valence-corrected chi connectivity index (χ0v) is 22.7. The lowest BCUT2D eigenvalue weighted by Crippen LogP contribution is -2.40. The quantitative estimate of drug-likeness (QED) is 0.222. The maximum absolute atomic E-state index is 13.4. The van der Waals surface area contributed by atoms with E-state index < -0.39 is 0 Å². The van der Waals surface area contributed by atoms with Gasteiger partial charge in [-0.1, -0.05) is 66.7 Å². The minimum Gasteiger partial charge on any atom is -0.486 e. The van der Waals surface area contributed by atoms with E-state index in [1.807, 2.05) is 77.7 Å². The Morgan fingerprint density at radius 1 is 0.902 bits per heavy atom. The van der Waals surface area contributed by atoms with Crippen LogP contribution in [0.1, 0.15) is 55.2 Å². The first-order valence-electron chi connectivity index (χ1n) is 13.6. The van der Waals surface area contributed by atoms with Crippen LogP contribution in [0.5, 0.6) is 5.75 Å². The summed E-state index contributed by atoms with van der Waals surface area (Å²) >= 11 is 0. The monoisotopic (exact) mass is 546 g/mol. The molecule has 206 valence electrons. The molecule has 3 heterocycles. The summed E-state index contributed by atoms with van der Waals surface area (Å²) in [6.45, 7) is 1.23. The molecule has 0 radical (unpaired) electrons. The molecule has 0 N–H and O–H groups in total. The topological polar surface area (TPSA) is 76.1 Å². The third-order valence-electron chi connectivity index (χ3n) is 7.32. The average Bonchev–Trinajstić information content (AvgIpc) is 3.73. The molecule has 41 heavy (non-hydrogen) atoms. The van der Waals surface area contributed by atoms with Crippen LogP contribution in [0, 0.1) is 0 Å². The molecule has 2 amide bonds. The lowest BCUT2D eigenvalue weighted by molar-refractivity contribution is 0.0661. The summed E-state index contributed by atoms with van der Waals surface area (Å²) in [5, 5.41) is 0. The minimum atomic E-state index is -0.283. The number of benzene rings is 3. The fourth-order valence-corrected chi connectivity index (χ4v) is 5.28. The number of fused-ring (bicyclic) bond motifs is 1. The summed E-state index contributed by atoms with van der Waals surface area (Å²) in [7, 11) is 1.75. The first-order valence-corrected chi connectivity index (χ1v) is 13.6. The van der Waals surface area contributed by atoms with E-state index in [1.165, 1.54) is 11.8 Å². The molecule has 5 aromatic rings. The summed E-state index contributed by atoms with van der Waals surface area (Å²) in [5.74, 6) is 1.45. The predicted octanol–water partition coefficient (Wildman–Crippen LogP) is 6.51. The Morgan fingerprint density at radius 2 is 1.68 bits per heavy atom. The molecule has 0 bridgehead atoms. The molecule has 1 aliphatic rings. The van der Waals surface area contributed by atoms with Gasteiger partial charge in [0.25, 0.3) is 11.8 Å². The van der Waals surface area contributed by atoms with Crippen molar-refractivity contribution in [3.05, 3.63) is 149 Å². The van der Waals surface area contributed by atoms with Crippen LogP contribution in [0.4, 0.5) is 0 Å². The van der Waals surface area contributed by atoms with E-state index in [1.54, 1.807) is 36.2 Å². The van der Waals surface area contributed by atoms with Crippen molar-refractivity contribution in [2.45, 2.75) is 25.6 Å². The summed E-state index contributed by atoms with van der Waals surface area (Å²) in [4.78, 5) is 29.8. The molecule has 2 aromatic heterocycles. The van der Waals surface area contributed by atoms with E-state index in [0.29, 0.717) is 30.4 Å². The second-order valence-electron chi connectivity index (χ2n) is 10.1. The highest BCUT2D eigenvalue weighted by Gasteiger charge is 2.34. The van der Waals surface area contributed by atoms with Gasteiger partial charge in [0.1, 0.15) is 18.1 Å². The summed E-state index contributed by atoms with van der Waals surface area (Å²) in [6.07, 6.45) is 2.25. The number of rotatable bonds is 8.